The van der Waals surface area contributed by atoms with Crippen molar-refractivity contribution in [1.29, 1.82) is 0 Å². The van der Waals surface area contributed by atoms with Gasteiger partial charge in [-0.15, -0.1) is 0 Å². The molecule has 34 heavy (non-hydrogen) atoms. The Labute approximate surface area is 195 Å². The van der Waals surface area contributed by atoms with Crippen molar-refractivity contribution in [1.82, 2.24) is 19.9 Å². The standard InChI is InChI=1S/C25H24N6O3/c1-30-10-12-31(13-11-30)24-21(16-7-9-28-18-14-27-8-6-15(16)18)20(17-4-2-3-5-19(17)32)22(23(26)33)25(34)29-24/h2-9,14,32H,10-13H2,1H3,(H2,26,33)(H,29,34). The summed E-state index contributed by atoms with van der Waals surface area (Å²) in [7, 11) is 2.05. The fourth-order valence-corrected chi connectivity index (χ4v) is 4.53. The highest BCUT2D eigenvalue weighted by Crippen LogP contribution is 2.44. The number of likely N-dealkylation sites (N-methyl/N-ethyl adjacent to an activating group) is 1. The van der Waals surface area contributed by atoms with Crippen LogP contribution in [-0.2, 0) is 0 Å². The van der Waals surface area contributed by atoms with Crippen LogP contribution in [0.15, 0.2) is 59.8 Å². The number of phenols is 1. The molecule has 0 radical (unpaired) electrons. The molecule has 1 fully saturated rings. The molecule has 172 valence electrons. The maximum atomic E-state index is 13.2. The molecule has 0 bridgehead atoms. The molecule has 9 nitrogen and oxygen atoms in total. The molecule has 4 heterocycles. The number of nitrogens with two attached hydrogens (primary N) is 1. The number of amides is 1. The first kappa shape index (κ1) is 21.6. The van der Waals surface area contributed by atoms with Crippen LogP contribution in [0, 0.1) is 0 Å². The number of H-pyrrole nitrogens is 1. The number of hydrogen-bond donors (Lipinski definition) is 3. The van der Waals surface area contributed by atoms with Gasteiger partial charge in [0.15, 0.2) is 0 Å². The predicted molar refractivity (Wildman–Crippen MR) is 131 cm³/mol. The molecule has 0 aliphatic carbocycles. The van der Waals surface area contributed by atoms with Crippen LogP contribution in [-0.4, -0.2) is 64.1 Å². The first-order valence-electron chi connectivity index (χ1n) is 11.0. The molecule has 4 N–H and O–H groups in total. The van der Waals surface area contributed by atoms with Crippen LogP contribution in [0.1, 0.15) is 10.4 Å². The summed E-state index contributed by atoms with van der Waals surface area (Å²) in [5, 5.41) is 11.6. The summed E-state index contributed by atoms with van der Waals surface area (Å²) in [5.41, 5.74) is 7.61. The van der Waals surface area contributed by atoms with Crippen LogP contribution in [0.3, 0.4) is 0 Å². The third-order valence-electron chi connectivity index (χ3n) is 6.25. The fraction of sp³-hybridized carbons (Fsp3) is 0.200. The van der Waals surface area contributed by atoms with E-state index in [0.717, 1.165) is 24.0 Å². The first-order valence-corrected chi connectivity index (χ1v) is 11.0. The fourth-order valence-electron chi connectivity index (χ4n) is 4.53. The number of piperazine rings is 1. The SMILES string of the molecule is CN1CCN(c2[nH]c(=O)c(C(N)=O)c(-c3ccccc3O)c2-c2ccnc3cnccc23)CC1. The second kappa shape index (κ2) is 8.60. The summed E-state index contributed by atoms with van der Waals surface area (Å²) < 4.78 is 0. The van der Waals surface area contributed by atoms with E-state index in [9.17, 15) is 14.7 Å². The number of nitrogens with one attached hydrogen (secondary N) is 1. The average molecular weight is 457 g/mol. The van der Waals surface area contributed by atoms with Gasteiger partial charge in [-0.2, -0.15) is 0 Å². The van der Waals surface area contributed by atoms with Gasteiger partial charge in [0.25, 0.3) is 11.5 Å². The lowest BCUT2D eigenvalue weighted by molar-refractivity contribution is 0.0999. The Balaban J connectivity index is 1.94. The zero-order valence-corrected chi connectivity index (χ0v) is 18.7. The Morgan fingerprint density at radius 3 is 2.53 bits per heavy atom. The molecule has 1 aromatic carbocycles. The number of aromatic amines is 1. The maximum Gasteiger partial charge on any atom is 0.263 e. The normalized spacial score (nSPS) is 14.4. The molecule has 9 heteroatoms. The highest BCUT2D eigenvalue weighted by molar-refractivity contribution is 6.10. The first-order chi connectivity index (χ1) is 16.5. The highest BCUT2D eigenvalue weighted by Gasteiger charge is 2.29. The Hall–Kier alpha value is -4.24. The van der Waals surface area contributed by atoms with Crippen molar-refractivity contribution in [3.63, 3.8) is 0 Å². The topological polar surface area (TPSA) is 128 Å². The van der Waals surface area contributed by atoms with Gasteiger partial charge < -0.3 is 25.6 Å². The van der Waals surface area contributed by atoms with Gasteiger partial charge in [-0.25, -0.2) is 0 Å². The lowest BCUT2D eigenvalue weighted by Gasteiger charge is -2.35. The van der Waals surface area contributed by atoms with Gasteiger partial charge in [0.2, 0.25) is 0 Å². The van der Waals surface area contributed by atoms with E-state index in [1.165, 1.54) is 6.07 Å². The molecule has 1 aliphatic heterocycles. The van der Waals surface area contributed by atoms with Crippen molar-refractivity contribution in [2.75, 3.05) is 38.1 Å². The quantitative estimate of drug-likeness (QED) is 0.429. The largest absolute Gasteiger partial charge is 0.507 e. The smallest absolute Gasteiger partial charge is 0.263 e. The van der Waals surface area contributed by atoms with Crippen LogP contribution >= 0.6 is 0 Å². The summed E-state index contributed by atoms with van der Waals surface area (Å²) >= 11 is 0. The molecule has 1 aliphatic rings. The Morgan fingerprint density at radius 2 is 1.79 bits per heavy atom. The molecule has 3 aromatic heterocycles. The average Bonchev–Trinajstić information content (AvgIpc) is 2.84. The number of nitrogens with zero attached hydrogens (tertiary/aromatic N) is 4. The summed E-state index contributed by atoms with van der Waals surface area (Å²) in [6, 6.07) is 10.3. The summed E-state index contributed by atoms with van der Waals surface area (Å²) in [6.45, 7) is 2.98. The number of carbonyl (C=O) groups excluding carboxylic acids is 1. The molecule has 5 rings (SSSR count). The molecule has 0 saturated carbocycles. The van der Waals surface area contributed by atoms with Crippen molar-refractivity contribution < 1.29 is 9.90 Å². The molecule has 4 aromatic rings. The van der Waals surface area contributed by atoms with Gasteiger partial charge in [0, 0.05) is 60.6 Å². The van der Waals surface area contributed by atoms with E-state index in [4.69, 9.17) is 5.73 Å². The summed E-state index contributed by atoms with van der Waals surface area (Å²) in [4.78, 5) is 41.7. The number of fused-ring (bicyclic) bond motifs is 1. The number of carbonyl (C=O) groups is 1. The maximum absolute atomic E-state index is 13.2. The van der Waals surface area contributed by atoms with Gasteiger partial charge in [0.05, 0.1) is 11.7 Å². The Bertz CT molecular complexity index is 1450. The molecule has 0 atom stereocenters. The number of aromatic nitrogens is 3. The third-order valence-corrected chi connectivity index (χ3v) is 6.25. The van der Waals surface area contributed by atoms with E-state index in [1.54, 1.807) is 36.8 Å². The van der Waals surface area contributed by atoms with Crippen molar-refractivity contribution in [3.05, 3.63) is 70.9 Å². The number of primary amides is 1. The van der Waals surface area contributed by atoms with Crippen molar-refractivity contribution >= 4 is 22.6 Å². The lowest BCUT2D eigenvalue weighted by atomic mass is 9.89. The van der Waals surface area contributed by atoms with Crippen LogP contribution in [0.2, 0.25) is 0 Å². The van der Waals surface area contributed by atoms with E-state index < -0.39 is 11.5 Å². The van der Waals surface area contributed by atoms with E-state index >= 15 is 0 Å². The molecular formula is C25H24N6O3. The summed E-state index contributed by atoms with van der Waals surface area (Å²) in [5.74, 6) is -0.349. The third kappa shape index (κ3) is 3.65. The Kier molecular flexibility index (Phi) is 5.46. The van der Waals surface area contributed by atoms with Gasteiger partial charge >= 0.3 is 0 Å². The van der Waals surface area contributed by atoms with Gasteiger partial charge in [-0.05, 0) is 30.8 Å². The highest BCUT2D eigenvalue weighted by atomic mass is 16.3. The Morgan fingerprint density at radius 1 is 1.03 bits per heavy atom. The van der Waals surface area contributed by atoms with E-state index in [0.29, 0.717) is 41.1 Å². The van der Waals surface area contributed by atoms with Gasteiger partial charge in [-0.1, -0.05) is 18.2 Å². The number of benzene rings is 1. The predicted octanol–water partition coefficient (Wildman–Crippen LogP) is 2.21. The van der Waals surface area contributed by atoms with Crippen LogP contribution in [0.25, 0.3) is 33.2 Å². The molecule has 0 unspecified atom stereocenters. The number of anilines is 1. The van der Waals surface area contributed by atoms with Crippen LogP contribution in [0.4, 0.5) is 5.82 Å². The zero-order chi connectivity index (χ0) is 23.8. The van der Waals surface area contributed by atoms with E-state index in [2.05, 4.69) is 24.8 Å². The van der Waals surface area contributed by atoms with Crippen LogP contribution in [0.5, 0.6) is 5.75 Å². The minimum Gasteiger partial charge on any atom is -0.507 e. The van der Waals surface area contributed by atoms with E-state index in [1.807, 2.05) is 19.2 Å². The minimum absolute atomic E-state index is 0.0544. The number of phenolic OH excluding ortho intramolecular Hbond substituents is 1. The molecule has 1 amide bonds. The monoisotopic (exact) mass is 456 g/mol. The van der Waals surface area contributed by atoms with Crippen LogP contribution < -0.4 is 16.2 Å². The number of rotatable bonds is 4. The molecule has 1 saturated heterocycles. The number of para-hydroxylation sites is 1. The second-order valence-electron chi connectivity index (χ2n) is 8.35. The molecular weight excluding hydrogens is 432 g/mol. The van der Waals surface area contributed by atoms with Gasteiger partial charge in [-0.3, -0.25) is 19.6 Å². The minimum atomic E-state index is -0.870. The van der Waals surface area contributed by atoms with E-state index in [-0.39, 0.29) is 11.3 Å². The van der Waals surface area contributed by atoms with Crippen molar-refractivity contribution in [2.45, 2.75) is 0 Å². The number of hydrogen-bond acceptors (Lipinski definition) is 7. The zero-order valence-electron chi connectivity index (χ0n) is 18.7. The summed E-state index contributed by atoms with van der Waals surface area (Å²) in [6.07, 6.45) is 4.99. The number of pyridine rings is 3. The van der Waals surface area contributed by atoms with Crippen molar-refractivity contribution in [3.8, 4) is 28.0 Å². The van der Waals surface area contributed by atoms with Gasteiger partial charge in [0.1, 0.15) is 17.1 Å². The number of aromatic hydroxyl groups is 1. The second-order valence-corrected chi connectivity index (χ2v) is 8.35. The molecule has 0 spiro atoms. The lowest BCUT2D eigenvalue weighted by Crippen LogP contribution is -2.45. The van der Waals surface area contributed by atoms with Crippen molar-refractivity contribution in [2.24, 2.45) is 5.73 Å².